The zero-order chi connectivity index (χ0) is 22.0. The molecule has 1 aromatic heterocycles. The van der Waals surface area contributed by atoms with Crippen LogP contribution in [0.4, 0.5) is 5.95 Å². The molecule has 2 aromatic carbocycles. The van der Waals surface area contributed by atoms with Crippen LogP contribution in [0.3, 0.4) is 0 Å². The number of hydrogen-bond acceptors (Lipinski definition) is 5. The summed E-state index contributed by atoms with van der Waals surface area (Å²) in [6.07, 6.45) is 1.74. The van der Waals surface area contributed by atoms with Crippen LogP contribution >= 0.6 is 0 Å². The van der Waals surface area contributed by atoms with Gasteiger partial charge in [0.25, 0.3) is 5.91 Å². The van der Waals surface area contributed by atoms with Gasteiger partial charge in [-0.2, -0.15) is 0 Å². The fourth-order valence-corrected chi connectivity index (χ4v) is 4.20. The summed E-state index contributed by atoms with van der Waals surface area (Å²) in [5, 5.41) is 3.17. The Balaban J connectivity index is 1.44. The van der Waals surface area contributed by atoms with Gasteiger partial charge < -0.3 is 24.3 Å². The first kappa shape index (κ1) is 21.0. The van der Waals surface area contributed by atoms with Gasteiger partial charge in [0.1, 0.15) is 11.5 Å². The van der Waals surface area contributed by atoms with E-state index in [0.717, 1.165) is 42.9 Å². The number of fused-ring (bicyclic) bond motifs is 1. The molecule has 1 N–H and O–H groups in total. The number of imidazole rings is 1. The van der Waals surface area contributed by atoms with Gasteiger partial charge in [-0.05, 0) is 51.0 Å². The molecule has 4 rings (SSSR count). The summed E-state index contributed by atoms with van der Waals surface area (Å²) < 4.78 is 12.9. The Kier molecular flexibility index (Phi) is 6.02. The lowest BCUT2D eigenvalue weighted by Gasteiger charge is -2.34. The Morgan fingerprint density at radius 3 is 2.32 bits per heavy atom. The number of ether oxygens (including phenoxy) is 2. The van der Waals surface area contributed by atoms with E-state index in [-0.39, 0.29) is 11.9 Å². The minimum Gasteiger partial charge on any atom is -0.497 e. The highest BCUT2D eigenvalue weighted by Gasteiger charge is 2.26. The van der Waals surface area contributed by atoms with Gasteiger partial charge in [-0.3, -0.25) is 4.79 Å². The maximum absolute atomic E-state index is 12.8. The van der Waals surface area contributed by atoms with Gasteiger partial charge in [-0.25, -0.2) is 4.98 Å². The molecule has 7 nitrogen and oxygen atoms in total. The number of benzene rings is 2. The number of amides is 1. The summed E-state index contributed by atoms with van der Waals surface area (Å²) in [4.78, 5) is 20.0. The number of rotatable bonds is 6. The number of anilines is 1. The minimum atomic E-state index is -0.106. The van der Waals surface area contributed by atoms with E-state index in [1.807, 2.05) is 6.07 Å². The third-order valence-corrected chi connectivity index (χ3v) is 5.82. The van der Waals surface area contributed by atoms with E-state index >= 15 is 0 Å². The molecule has 0 atom stereocenters. The van der Waals surface area contributed by atoms with Crippen LogP contribution in [0.15, 0.2) is 42.5 Å². The van der Waals surface area contributed by atoms with Crippen molar-refractivity contribution in [1.29, 1.82) is 0 Å². The third-order valence-electron chi connectivity index (χ3n) is 5.82. The Bertz CT molecular complexity index is 1050. The smallest absolute Gasteiger partial charge is 0.251 e. The van der Waals surface area contributed by atoms with Gasteiger partial charge in [-0.15, -0.1) is 0 Å². The van der Waals surface area contributed by atoms with Crippen molar-refractivity contribution in [2.75, 3.05) is 32.2 Å². The quantitative estimate of drug-likeness (QED) is 0.650. The zero-order valence-corrected chi connectivity index (χ0v) is 18.6. The van der Waals surface area contributed by atoms with Crippen LogP contribution in [0.1, 0.15) is 43.1 Å². The number of aromatic nitrogens is 2. The maximum Gasteiger partial charge on any atom is 0.251 e. The molecule has 0 spiro atoms. The summed E-state index contributed by atoms with van der Waals surface area (Å²) in [7, 11) is 3.16. The minimum absolute atomic E-state index is 0.106. The Morgan fingerprint density at radius 1 is 1.06 bits per heavy atom. The molecule has 0 radical (unpaired) electrons. The Morgan fingerprint density at radius 2 is 1.71 bits per heavy atom. The molecule has 164 valence electrons. The molecule has 1 amide bonds. The Hall–Kier alpha value is -3.22. The van der Waals surface area contributed by atoms with Crippen molar-refractivity contribution in [3.63, 3.8) is 0 Å². The van der Waals surface area contributed by atoms with E-state index in [4.69, 9.17) is 14.5 Å². The molecule has 0 bridgehead atoms. The van der Waals surface area contributed by atoms with Crippen LogP contribution in [0, 0.1) is 0 Å². The second-order valence-corrected chi connectivity index (χ2v) is 8.20. The molecule has 1 aliphatic rings. The van der Waals surface area contributed by atoms with Crippen molar-refractivity contribution in [3.8, 4) is 11.5 Å². The molecule has 1 fully saturated rings. The molecule has 0 aliphatic carbocycles. The standard InChI is InChI=1S/C24H30N4O3/c1-16(2)28-22-8-6-5-7-21(22)26-24(28)27-11-9-18(10-12-27)25-23(29)17-13-19(30-3)15-20(14-17)31-4/h5-8,13-16,18H,9-12H2,1-4H3,(H,25,29). The van der Waals surface area contributed by atoms with Crippen LogP contribution in [0.5, 0.6) is 11.5 Å². The second kappa shape index (κ2) is 8.88. The molecule has 3 aromatic rings. The van der Waals surface area contributed by atoms with Crippen LogP contribution in [0.2, 0.25) is 0 Å². The SMILES string of the molecule is COc1cc(OC)cc(C(=O)NC2CCN(c3nc4ccccc4n3C(C)C)CC2)c1. The van der Waals surface area contributed by atoms with E-state index in [1.54, 1.807) is 32.4 Å². The summed E-state index contributed by atoms with van der Waals surface area (Å²) in [6.45, 7) is 6.07. The summed E-state index contributed by atoms with van der Waals surface area (Å²) in [6, 6.07) is 13.9. The number of nitrogens with zero attached hydrogens (tertiary/aromatic N) is 3. The second-order valence-electron chi connectivity index (χ2n) is 8.20. The highest BCUT2D eigenvalue weighted by molar-refractivity contribution is 5.95. The van der Waals surface area contributed by atoms with Gasteiger partial charge >= 0.3 is 0 Å². The lowest BCUT2D eigenvalue weighted by atomic mass is 10.0. The zero-order valence-electron chi connectivity index (χ0n) is 18.6. The summed E-state index contributed by atoms with van der Waals surface area (Å²) in [5.74, 6) is 2.11. The average Bonchev–Trinajstić information content (AvgIpc) is 3.19. The number of para-hydroxylation sites is 2. The van der Waals surface area contributed by atoms with E-state index in [9.17, 15) is 4.79 Å². The molecular weight excluding hydrogens is 392 g/mol. The van der Waals surface area contributed by atoms with Crippen molar-refractivity contribution in [2.24, 2.45) is 0 Å². The highest BCUT2D eigenvalue weighted by atomic mass is 16.5. The monoisotopic (exact) mass is 422 g/mol. The van der Waals surface area contributed by atoms with Crippen molar-refractivity contribution in [3.05, 3.63) is 48.0 Å². The van der Waals surface area contributed by atoms with Gasteiger partial charge in [-0.1, -0.05) is 12.1 Å². The molecule has 1 saturated heterocycles. The van der Waals surface area contributed by atoms with Gasteiger partial charge in [0.15, 0.2) is 0 Å². The van der Waals surface area contributed by atoms with Gasteiger partial charge in [0.05, 0.1) is 25.3 Å². The maximum atomic E-state index is 12.8. The van der Waals surface area contributed by atoms with E-state index in [1.165, 1.54) is 0 Å². The van der Waals surface area contributed by atoms with Crippen LogP contribution < -0.4 is 19.7 Å². The fraction of sp³-hybridized carbons (Fsp3) is 0.417. The summed E-state index contributed by atoms with van der Waals surface area (Å²) >= 11 is 0. The molecule has 2 heterocycles. The largest absolute Gasteiger partial charge is 0.497 e. The first-order valence-corrected chi connectivity index (χ1v) is 10.8. The van der Waals surface area contributed by atoms with Crippen molar-refractivity contribution < 1.29 is 14.3 Å². The fourth-order valence-electron chi connectivity index (χ4n) is 4.20. The van der Waals surface area contributed by atoms with Crippen molar-refractivity contribution >= 4 is 22.9 Å². The molecule has 1 aliphatic heterocycles. The lowest BCUT2D eigenvalue weighted by Crippen LogP contribution is -2.45. The molecule has 31 heavy (non-hydrogen) atoms. The van der Waals surface area contributed by atoms with Gasteiger partial charge in [0.2, 0.25) is 5.95 Å². The van der Waals surface area contributed by atoms with E-state index in [0.29, 0.717) is 23.1 Å². The topological polar surface area (TPSA) is 68.6 Å². The first-order chi connectivity index (χ1) is 15.0. The van der Waals surface area contributed by atoms with Crippen molar-refractivity contribution in [2.45, 2.75) is 38.8 Å². The highest BCUT2D eigenvalue weighted by Crippen LogP contribution is 2.29. The molecule has 7 heteroatoms. The average molecular weight is 423 g/mol. The van der Waals surface area contributed by atoms with E-state index in [2.05, 4.69) is 46.8 Å². The van der Waals surface area contributed by atoms with Crippen LogP contribution in [0.25, 0.3) is 11.0 Å². The number of carbonyl (C=O) groups is 1. The third kappa shape index (κ3) is 4.31. The number of piperidine rings is 1. The van der Waals surface area contributed by atoms with Crippen LogP contribution in [-0.4, -0.2) is 48.8 Å². The van der Waals surface area contributed by atoms with Crippen molar-refractivity contribution in [1.82, 2.24) is 14.9 Å². The summed E-state index contributed by atoms with van der Waals surface area (Å²) in [5.41, 5.74) is 2.73. The molecule has 0 unspecified atom stereocenters. The first-order valence-electron chi connectivity index (χ1n) is 10.8. The number of hydrogen-bond donors (Lipinski definition) is 1. The predicted octanol–water partition coefficient (Wildman–Crippen LogP) is 4.03. The number of nitrogens with one attached hydrogen (secondary N) is 1. The van der Waals surface area contributed by atoms with Crippen LogP contribution in [-0.2, 0) is 0 Å². The number of methoxy groups -OCH3 is 2. The Labute approximate surface area is 183 Å². The van der Waals surface area contributed by atoms with E-state index < -0.39 is 0 Å². The molecular formula is C24H30N4O3. The normalized spacial score (nSPS) is 14.8. The lowest BCUT2D eigenvalue weighted by molar-refractivity contribution is 0.0930. The van der Waals surface area contributed by atoms with Gasteiger partial charge in [0, 0.05) is 36.8 Å². The molecule has 0 saturated carbocycles. The predicted molar refractivity (Wildman–Crippen MR) is 122 cm³/mol. The number of carbonyl (C=O) groups excluding carboxylic acids is 1.